The average Bonchev–Trinajstić information content (AvgIpc) is 2.40. The maximum absolute atomic E-state index is 5.64. The molecule has 88 valence electrons. The fourth-order valence-electron chi connectivity index (χ4n) is 1.39. The van der Waals surface area contributed by atoms with Crippen LogP contribution in [0.5, 0.6) is 11.6 Å². The second kappa shape index (κ2) is 5.70. The summed E-state index contributed by atoms with van der Waals surface area (Å²) >= 11 is 1.70. The summed E-state index contributed by atoms with van der Waals surface area (Å²) in [6, 6.07) is 13.5. The van der Waals surface area contributed by atoms with Crippen molar-refractivity contribution >= 4 is 11.8 Å². The molecule has 1 aromatic carbocycles. The number of rotatable bonds is 4. The molecule has 0 aliphatic heterocycles. The van der Waals surface area contributed by atoms with E-state index in [0.29, 0.717) is 12.4 Å². The second-order valence-corrected chi connectivity index (χ2v) is 4.33. The molecule has 1 heterocycles. The summed E-state index contributed by atoms with van der Waals surface area (Å²) in [5.41, 5.74) is 6.35. The quantitative estimate of drug-likeness (QED) is 0.842. The van der Waals surface area contributed by atoms with Crippen LogP contribution in [0.1, 0.15) is 5.69 Å². The molecular weight excluding hydrogens is 232 g/mol. The molecule has 0 atom stereocenters. The third-order valence-electron chi connectivity index (χ3n) is 2.27. The molecule has 0 amide bonds. The molecule has 1 aromatic heterocycles. The van der Waals surface area contributed by atoms with Crippen molar-refractivity contribution in [2.45, 2.75) is 11.4 Å². The molecule has 0 aliphatic rings. The van der Waals surface area contributed by atoms with Crippen LogP contribution >= 0.6 is 11.8 Å². The van der Waals surface area contributed by atoms with E-state index in [2.05, 4.69) is 4.98 Å². The van der Waals surface area contributed by atoms with Gasteiger partial charge in [0.2, 0.25) is 5.88 Å². The Morgan fingerprint density at radius 3 is 2.59 bits per heavy atom. The maximum atomic E-state index is 5.64. The summed E-state index contributed by atoms with van der Waals surface area (Å²) in [5, 5.41) is 0. The number of hydrogen-bond donors (Lipinski definition) is 1. The Kier molecular flexibility index (Phi) is 4.01. The first-order chi connectivity index (χ1) is 8.31. The Morgan fingerprint density at radius 2 is 1.94 bits per heavy atom. The molecule has 2 aromatic rings. The van der Waals surface area contributed by atoms with Gasteiger partial charge in [0.05, 0.1) is 5.69 Å². The van der Waals surface area contributed by atoms with Gasteiger partial charge in [-0.25, -0.2) is 4.98 Å². The molecule has 0 spiro atoms. The molecular formula is C13H14N2OS. The number of aromatic nitrogens is 1. The van der Waals surface area contributed by atoms with E-state index in [-0.39, 0.29) is 0 Å². The number of pyridine rings is 1. The zero-order chi connectivity index (χ0) is 12.1. The van der Waals surface area contributed by atoms with E-state index >= 15 is 0 Å². The van der Waals surface area contributed by atoms with Crippen molar-refractivity contribution in [3.63, 3.8) is 0 Å². The second-order valence-electron chi connectivity index (χ2n) is 3.45. The monoisotopic (exact) mass is 246 g/mol. The lowest BCUT2D eigenvalue weighted by molar-refractivity contribution is 0.460. The number of thioether (sulfide) groups is 1. The van der Waals surface area contributed by atoms with E-state index < -0.39 is 0 Å². The van der Waals surface area contributed by atoms with Gasteiger partial charge in [0.25, 0.3) is 0 Å². The molecule has 0 unspecified atom stereocenters. The number of benzene rings is 1. The SMILES string of the molecule is CSc1ccc(Oc2cccc(CN)n2)cc1. The molecule has 17 heavy (non-hydrogen) atoms. The van der Waals surface area contributed by atoms with Gasteiger partial charge >= 0.3 is 0 Å². The molecule has 0 fully saturated rings. The first kappa shape index (κ1) is 12.0. The maximum Gasteiger partial charge on any atom is 0.219 e. The van der Waals surface area contributed by atoms with Crippen molar-refractivity contribution in [2.75, 3.05) is 6.26 Å². The van der Waals surface area contributed by atoms with Crippen LogP contribution < -0.4 is 10.5 Å². The molecule has 0 radical (unpaired) electrons. The molecule has 0 saturated carbocycles. The fraction of sp³-hybridized carbons (Fsp3) is 0.154. The van der Waals surface area contributed by atoms with Crippen LogP contribution in [0.2, 0.25) is 0 Å². The van der Waals surface area contributed by atoms with Gasteiger partial charge in [-0.2, -0.15) is 0 Å². The summed E-state index contributed by atoms with van der Waals surface area (Å²) in [5.74, 6) is 1.36. The summed E-state index contributed by atoms with van der Waals surface area (Å²) in [6.07, 6.45) is 2.04. The Morgan fingerprint density at radius 1 is 1.18 bits per heavy atom. The van der Waals surface area contributed by atoms with Gasteiger partial charge in [-0.1, -0.05) is 6.07 Å². The van der Waals surface area contributed by atoms with E-state index in [0.717, 1.165) is 11.4 Å². The van der Waals surface area contributed by atoms with Crippen LogP contribution in [0.25, 0.3) is 0 Å². The Balaban J connectivity index is 2.13. The predicted molar refractivity (Wildman–Crippen MR) is 70.4 cm³/mol. The zero-order valence-corrected chi connectivity index (χ0v) is 10.4. The zero-order valence-electron chi connectivity index (χ0n) is 9.59. The Labute approximate surface area is 105 Å². The lowest BCUT2D eigenvalue weighted by Gasteiger charge is -2.06. The minimum absolute atomic E-state index is 0.419. The van der Waals surface area contributed by atoms with Crippen molar-refractivity contribution in [3.8, 4) is 11.6 Å². The molecule has 2 N–H and O–H groups in total. The van der Waals surface area contributed by atoms with Crippen LogP contribution in [-0.4, -0.2) is 11.2 Å². The normalized spacial score (nSPS) is 10.2. The summed E-state index contributed by atoms with van der Waals surface area (Å²) < 4.78 is 5.64. The highest BCUT2D eigenvalue weighted by Crippen LogP contribution is 2.23. The summed E-state index contributed by atoms with van der Waals surface area (Å²) in [4.78, 5) is 5.49. The van der Waals surface area contributed by atoms with Crippen LogP contribution in [0, 0.1) is 0 Å². The smallest absolute Gasteiger partial charge is 0.219 e. The molecule has 2 rings (SSSR count). The van der Waals surface area contributed by atoms with Crippen molar-refractivity contribution in [1.29, 1.82) is 0 Å². The number of nitrogens with zero attached hydrogens (tertiary/aromatic N) is 1. The number of hydrogen-bond acceptors (Lipinski definition) is 4. The van der Waals surface area contributed by atoms with E-state index in [4.69, 9.17) is 10.5 Å². The van der Waals surface area contributed by atoms with E-state index in [1.54, 1.807) is 11.8 Å². The summed E-state index contributed by atoms with van der Waals surface area (Å²) in [6.45, 7) is 0.419. The average molecular weight is 246 g/mol. The van der Waals surface area contributed by atoms with E-state index in [1.807, 2.05) is 48.7 Å². The van der Waals surface area contributed by atoms with Gasteiger partial charge in [-0.3, -0.25) is 0 Å². The van der Waals surface area contributed by atoms with Crippen LogP contribution in [0.15, 0.2) is 47.4 Å². The van der Waals surface area contributed by atoms with Crippen LogP contribution in [-0.2, 0) is 6.54 Å². The van der Waals surface area contributed by atoms with Crippen molar-refractivity contribution in [3.05, 3.63) is 48.2 Å². The van der Waals surface area contributed by atoms with Crippen LogP contribution in [0.3, 0.4) is 0 Å². The highest BCUT2D eigenvalue weighted by molar-refractivity contribution is 7.98. The van der Waals surface area contributed by atoms with Gasteiger partial charge in [-0.05, 0) is 36.6 Å². The third-order valence-corrected chi connectivity index (χ3v) is 3.02. The largest absolute Gasteiger partial charge is 0.439 e. The number of nitrogens with two attached hydrogens (primary N) is 1. The van der Waals surface area contributed by atoms with Crippen molar-refractivity contribution in [1.82, 2.24) is 4.98 Å². The highest BCUT2D eigenvalue weighted by Gasteiger charge is 2.00. The minimum atomic E-state index is 0.419. The van der Waals surface area contributed by atoms with Gasteiger partial charge in [0.1, 0.15) is 5.75 Å². The van der Waals surface area contributed by atoms with Gasteiger partial charge in [0.15, 0.2) is 0 Å². The highest BCUT2D eigenvalue weighted by atomic mass is 32.2. The minimum Gasteiger partial charge on any atom is -0.439 e. The number of ether oxygens (including phenoxy) is 1. The first-order valence-corrected chi connectivity index (χ1v) is 6.52. The van der Waals surface area contributed by atoms with Gasteiger partial charge in [0, 0.05) is 17.5 Å². The Bertz CT molecular complexity index is 485. The molecule has 4 heteroatoms. The predicted octanol–water partition coefficient (Wildman–Crippen LogP) is 3.05. The molecule has 0 aliphatic carbocycles. The Hall–Kier alpha value is -1.52. The van der Waals surface area contributed by atoms with Gasteiger partial charge < -0.3 is 10.5 Å². The van der Waals surface area contributed by atoms with E-state index in [1.165, 1.54) is 4.90 Å². The topological polar surface area (TPSA) is 48.1 Å². The van der Waals surface area contributed by atoms with Crippen molar-refractivity contribution < 1.29 is 4.74 Å². The molecule has 0 bridgehead atoms. The third kappa shape index (κ3) is 3.22. The molecule has 3 nitrogen and oxygen atoms in total. The summed E-state index contributed by atoms with van der Waals surface area (Å²) in [7, 11) is 0. The molecule has 0 saturated heterocycles. The fourth-order valence-corrected chi connectivity index (χ4v) is 1.80. The lowest BCUT2D eigenvalue weighted by Crippen LogP contribution is -2.00. The standard InChI is InChI=1S/C13H14N2OS/c1-17-12-7-5-11(6-8-12)16-13-4-2-3-10(9-14)15-13/h2-8H,9,14H2,1H3. The van der Waals surface area contributed by atoms with Crippen molar-refractivity contribution in [2.24, 2.45) is 5.73 Å². The van der Waals surface area contributed by atoms with E-state index in [9.17, 15) is 0 Å². The van der Waals surface area contributed by atoms with Crippen LogP contribution in [0.4, 0.5) is 0 Å². The van der Waals surface area contributed by atoms with Gasteiger partial charge in [-0.15, -0.1) is 11.8 Å². The first-order valence-electron chi connectivity index (χ1n) is 5.30. The lowest BCUT2D eigenvalue weighted by atomic mass is 10.3.